The number of carbonyl (C=O) groups excluding carboxylic acids is 2. The molecule has 3 aromatic carbocycles. The van der Waals surface area contributed by atoms with E-state index in [2.05, 4.69) is 4.74 Å². The highest BCUT2D eigenvalue weighted by atomic mass is 19.4. The standard InChI is InChI=1S/C26H20F3NO6/c1-14-13-16(5-12-20(14)35-2)23(32)21-22(15-3-8-18(31)9-4-15)30(25(34)24(21)33)17-6-10-19(11-7-17)36-26(27,28)29/h3-13,22,31-32H,1-2H3/b23-21-. The number of aliphatic hydroxyl groups is 1. The van der Waals surface area contributed by atoms with Crippen LogP contribution in [0.25, 0.3) is 5.76 Å². The number of benzene rings is 3. The van der Waals surface area contributed by atoms with E-state index in [1.54, 1.807) is 19.1 Å². The number of nitrogens with zero attached hydrogens (tertiary/aromatic N) is 1. The Kier molecular flexibility index (Phi) is 6.36. The van der Waals surface area contributed by atoms with E-state index in [1.165, 1.54) is 49.6 Å². The summed E-state index contributed by atoms with van der Waals surface area (Å²) in [6.45, 7) is 1.75. The van der Waals surface area contributed by atoms with Gasteiger partial charge >= 0.3 is 6.36 Å². The SMILES string of the molecule is COc1ccc(/C(O)=C2/C(=O)C(=O)N(c3ccc(OC(F)(F)F)cc3)C2c2ccc(O)cc2)cc1C. The molecule has 186 valence electrons. The minimum absolute atomic E-state index is 0.0601. The maximum Gasteiger partial charge on any atom is 0.573 e. The number of hydrogen-bond acceptors (Lipinski definition) is 6. The molecule has 1 heterocycles. The molecule has 3 aromatic rings. The number of aliphatic hydroxyl groups excluding tert-OH is 1. The largest absolute Gasteiger partial charge is 0.573 e. The van der Waals surface area contributed by atoms with E-state index in [0.29, 0.717) is 16.9 Å². The second-order valence-electron chi connectivity index (χ2n) is 7.99. The summed E-state index contributed by atoms with van der Waals surface area (Å²) in [5, 5.41) is 20.9. The average Bonchev–Trinajstić information content (AvgIpc) is 3.09. The molecule has 0 spiro atoms. The van der Waals surface area contributed by atoms with E-state index in [-0.39, 0.29) is 22.6 Å². The molecule has 0 aromatic heterocycles. The molecule has 0 bridgehead atoms. The van der Waals surface area contributed by atoms with Crippen LogP contribution in [0.3, 0.4) is 0 Å². The van der Waals surface area contributed by atoms with Gasteiger partial charge in [-0.1, -0.05) is 12.1 Å². The molecule has 0 saturated carbocycles. The van der Waals surface area contributed by atoms with Gasteiger partial charge in [-0.2, -0.15) is 0 Å². The van der Waals surface area contributed by atoms with Gasteiger partial charge in [-0.05, 0) is 72.6 Å². The van der Waals surface area contributed by atoms with E-state index in [4.69, 9.17) is 4.74 Å². The maximum absolute atomic E-state index is 13.2. The van der Waals surface area contributed by atoms with Crippen molar-refractivity contribution in [1.29, 1.82) is 0 Å². The van der Waals surface area contributed by atoms with Crippen LogP contribution < -0.4 is 14.4 Å². The van der Waals surface area contributed by atoms with Crippen LogP contribution in [0.4, 0.5) is 18.9 Å². The number of halogens is 3. The summed E-state index contributed by atoms with van der Waals surface area (Å²) < 4.78 is 46.8. The van der Waals surface area contributed by atoms with Crippen molar-refractivity contribution in [2.24, 2.45) is 0 Å². The van der Waals surface area contributed by atoms with Gasteiger partial charge in [0.05, 0.1) is 18.7 Å². The fourth-order valence-electron chi connectivity index (χ4n) is 4.06. The number of ketones is 1. The van der Waals surface area contributed by atoms with Gasteiger partial charge in [-0.3, -0.25) is 14.5 Å². The fourth-order valence-corrected chi connectivity index (χ4v) is 4.06. The Labute approximate surface area is 203 Å². The molecular formula is C26H20F3NO6. The van der Waals surface area contributed by atoms with Crippen LogP contribution in [-0.4, -0.2) is 35.4 Å². The van der Waals surface area contributed by atoms with Crippen molar-refractivity contribution < 1.29 is 42.4 Å². The predicted molar refractivity (Wildman–Crippen MR) is 124 cm³/mol. The zero-order valence-corrected chi connectivity index (χ0v) is 19.0. The van der Waals surface area contributed by atoms with Crippen molar-refractivity contribution in [2.45, 2.75) is 19.3 Å². The Morgan fingerprint density at radius 1 is 0.972 bits per heavy atom. The molecule has 1 aliphatic rings. The Bertz CT molecular complexity index is 1350. The number of amides is 1. The van der Waals surface area contributed by atoms with Gasteiger partial charge in [-0.15, -0.1) is 13.2 Å². The third-order valence-electron chi connectivity index (χ3n) is 5.67. The first-order valence-corrected chi connectivity index (χ1v) is 10.6. The summed E-state index contributed by atoms with van der Waals surface area (Å²) in [7, 11) is 1.49. The van der Waals surface area contributed by atoms with E-state index in [1.807, 2.05) is 0 Å². The van der Waals surface area contributed by atoms with Crippen molar-refractivity contribution in [2.75, 3.05) is 12.0 Å². The lowest BCUT2D eigenvalue weighted by Crippen LogP contribution is -2.29. The number of Topliss-reactive ketones (excluding diaryl/α,β-unsaturated/α-hetero) is 1. The minimum Gasteiger partial charge on any atom is -0.508 e. The number of carbonyl (C=O) groups is 2. The molecule has 2 N–H and O–H groups in total. The quantitative estimate of drug-likeness (QED) is 0.283. The number of alkyl halides is 3. The predicted octanol–water partition coefficient (Wildman–Crippen LogP) is 5.23. The summed E-state index contributed by atoms with van der Waals surface area (Å²) >= 11 is 0. The monoisotopic (exact) mass is 499 g/mol. The maximum atomic E-state index is 13.2. The summed E-state index contributed by atoms with van der Waals surface area (Å²) in [6, 6.07) is 13.7. The third-order valence-corrected chi connectivity index (χ3v) is 5.67. The zero-order chi connectivity index (χ0) is 26.2. The van der Waals surface area contributed by atoms with E-state index in [0.717, 1.165) is 17.0 Å². The van der Waals surface area contributed by atoms with Crippen LogP contribution in [0.15, 0.2) is 72.3 Å². The number of methoxy groups -OCH3 is 1. The number of aromatic hydroxyl groups is 1. The highest BCUT2D eigenvalue weighted by Crippen LogP contribution is 2.43. The number of ether oxygens (including phenoxy) is 2. The fraction of sp³-hybridized carbons (Fsp3) is 0.154. The van der Waals surface area contributed by atoms with Crippen molar-refractivity contribution in [1.82, 2.24) is 0 Å². The van der Waals surface area contributed by atoms with Crippen molar-refractivity contribution >= 4 is 23.1 Å². The van der Waals surface area contributed by atoms with Crippen LogP contribution in [0.5, 0.6) is 17.2 Å². The molecule has 1 saturated heterocycles. The van der Waals surface area contributed by atoms with Crippen LogP contribution in [-0.2, 0) is 9.59 Å². The molecule has 0 aliphatic carbocycles. The molecule has 7 nitrogen and oxygen atoms in total. The van der Waals surface area contributed by atoms with Crippen LogP contribution in [0.2, 0.25) is 0 Å². The number of phenolic OH excluding ortho intramolecular Hbond substituents is 1. The van der Waals surface area contributed by atoms with Gasteiger partial charge in [0, 0.05) is 11.3 Å². The Morgan fingerprint density at radius 3 is 2.17 bits per heavy atom. The van der Waals surface area contributed by atoms with Gasteiger partial charge in [0.15, 0.2) is 0 Å². The molecule has 36 heavy (non-hydrogen) atoms. The lowest BCUT2D eigenvalue weighted by molar-refractivity contribution is -0.274. The molecule has 1 amide bonds. The number of aryl methyl sites for hydroxylation is 1. The van der Waals surface area contributed by atoms with Gasteiger partial charge in [0.2, 0.25) is 0 Å². The molecule has 10 heteroatoms. The summed E-state index contributed by atoms with van der Waals surface area (Å²) in [5.41, 5.74) is 1.22. The number of phenols is 1. The van der Waals surface area contributed by atoms with E-state index >= 15 is 0 Å². The molecule has 1 fully saturated rings. The van der Waals surface area contributed by atoms with Gasteiger partial charge < -0.3 is 19.7 Å². The second-order valence-corrected chi connectivity index (χ2v) is 7.99. The van der Waals surface area contributed by atoms with Crippen molar-refractivity contribution in [3.8, 4) is 17.2 Å². The van der Waals surface area contributed by atoms with Gasteiger partial charge in [0.25, 0.3) is 11.7 Å². The third kappa shape index (κ3) is 4.70. The van der Waals surface area contributed by atoms with Crippen LogP contribution in [0.1, 0.15) is 22.7 Å². The first kappa shape index (κ1) is 24.6. The second kappa shape index (κ2) is 9.29. The Hall–Kier alpha value is -4.47. The highest BCUT2D eigenvalue weighted by Gasteiger charge is 2.47. The van der Waals surface area contributed by atoms with E-state index in [9.17, 15) is 33.0 Å². The van der Waals surface area contributed by atoms with Crippen LogP contribution in [0, 0.1) is 6.92 Å². The molecule has 1 unspecified atom stereocenters. The summed E-state index contributed by atoms with van der Waals surface area (Å²) in [6.07, 6.45) is -4.90. The Balaban J connectivity index is 1.85. The lowest BCUT2D eigenvalue weighted by atomic mass is 9.94. The number of anilines is 1. The minimum atomic E-state index is -4.90. The normalized spacial score (nSPS) is 17.4. The molecule has 1 aliphatic heterocycles. The summed E-state index contributed by atoms with van der Waals surface area (Å²) in [5.74, 6) is -2.40. The van der Waals surface area contributed by atoms with Gasteiger partial charge in [-0.25, -0.2) is 0 Å². The molecule has 4 rings (SSSR count). The summed E-state index contributed by atoms with van der Waals surface area (Å²) in [4.78, 5) is 27.4. The van der Waals surface area contributed by atoms with E-state index < -0.39 is 35.6 Å². The topological polar surface area (TPSA) is 96.3 Å². The first-order chi connectivity index (χ1) is 17.0. The van der Waals surface area contributed by atoms with Gasteiger partial charge in [0.1, 0.15) is 23.0 Å². The molecule has 1 atom stereocenters. The first-order valence-electron chi connectivity index (χ1n) is 10.6. The smallest absolute Gasteiger partial charge is 0.508 e. The molecule has 0 radical (unpaired) electrons. The van der Waals surface area contributed by atoms with Crippen molar-refractivity contribution in [3.63, 3.8) is 0 Å². The number of rotatable bonds is 5. The average molecular weight is 499 g/mol. The number of hydrogen-bond donors (Lipinski definition) is 2. The lowest BCUT2D eigenvalue weighted by Gasteiger charge is -2.25. The van der Waals surface area contributed by atoms with Crippen LogP contribution >= 0.6 is 0 Å². The van der Waals surface area contributed by atoms with Crippen molar-refractivity contribution in [3.05, 3.63) is 89.0 Å². The molecular weight excluding hydrogens is 479 g/mol. The highest BCUT2D eigenvalue weighted by molar-refractivity contribution is 6.51. The Morgan fingerprint density at radius 2 is 1.61 bits per heavy atom. The zero-order valence-electron chi connectivity index (χ0n) is 19.0.